The van der Waals surface area contributed by atoms with Gasteiger partial charge in [-0.3, -0.25) is 4.99 Å². The van der Waals surface area contributed by atoms with Gasteiger partial charge in [-0.1, -0.05) is 68.5 Å². The quantitative estimate of drug-likeness (QED) is 0.394. The number of nitrogens with zero attached hydrogens (tertiary/aromatic N) is 2. The number of hydrogen-bond acceptors (Lipinski definition) is 3. The van der Waals surface area contributed by atoms with Gasteiger partial charge in [-0.15, -0.1) is 0 Å². The van der Waals surface area contributed by atoms with Crippen molar-refractivity contribution in [3.63, 3.8) is 0 Å². The molecule has 1 aliphatic heterocycles. The van der Waals surface area contributed by atoms with E-state index >= 15 is 0 Å². The van der Waals surface area contributed by atoms with Crippen LogP contribution in [0, 0.1) is 0 Å². The normalized spacial score (nSPS) is 13.2. The zero-order chi connectivity index (χ0) is 21.4. The number of allylic oxidation sites excluding steroid dienone is 1. The van der Waals surface area contributed by atoms with E-state index in [2.05, 4.69) is 73.4 Å². The number of aromatic nitrogens is 1. The Bertz CT molecular complexity index is 1350. The van der Waals surface area contributed by atoms with Gasteiger partial charge in [-0.2, -0.15) is 0 Å². The van der Waals surface area contributed by atoms with Crippen molar-refractivity contribution in [1.29, 1.82) is 0 Å². The molecule has 3 aromatic carbocycles. The molecule has 0 aliphatic carbocycles. The number of benzene rings is 3. The molecular formula is C28H24N2O. The largest absolute Gasteiger partial charge is 0.507 e. The van der Waals surface area contributed by atoms with E-state index < -0.39 is 0 Å². The van der Waals surface area contributed by atoms with E-state index in [9.17, 15) is 5.11 Å². The molecule has 5 rings (SSSR count). The summed E-state index contributed by atoms with van der Waals surface area (Å²) in [6.07, 6.45) is 4.79. The Morgan fingerprint density at radius 3 is 2.48 bits per heavy atom. The molecule has 152 valence electrons. The highest BCUT2D eigenvalue weighted by Gasteiger charge is 2.15. The molecule has 1 aromatic heterocycles. The van der Waals surface area contributed by atoms with Gasteiger partial charge in [0.05, 0.1) is 17.1 Å². The second-order valence-corrected chi connectivity index (χ2v) is 8.25. The lowest BCUT2D eigenvalue weighted by atomic mass is 9.95. The number of aromatic hydroxyl groups is 1. The zero-order valence-electron chi connectivity index (χ0n) is 17.7. The number of phenolic OH excluding ortho intramolecular Hbond substituents is 1. The summed E-state index contributed by atoms with van der Waals surface area (Å²) in [7, 11) is 0. The van der Waals surface area contributed by atoms with Gasteiger partial charge in [-0.05, 0) is 46.7 Å². The molecule has 0 bridgehead atoms. The maximum absolute atomic E-state index is 10.6. The van der Waals surface area contributed by atoms with Crippen molar-refractivity contribution in [2.75, 3.05) is 0 Å². The topological polar surface area (TPSA) is 45.5 Å². The van der Waals surface area contributed by atoms with E-state index in [4.69, 9.17) is 4.98 Å². The Morgan fingerprint density at radius 2 is 1.71 bits per heavy atom. The second-order valence-electron chi connectivity index (χ2n) is 8.25. The molecule has 1 N–H and O–H groups in total. The van der Waals surface area contributed by atoms with Crippen molar-refractivity contribution in [2.45, 2.75) is 26.2 Å². The van der Waals surface area contributed by atoms with Crippen molar-refractivity contribution in [1.82, 2.24) is 4.98 Å². The molecule has 2 heterocycles. The summed E-state index contributed by atoms with van der Waals surface area (Å²) in [5.74, 6) is 0.673. The average Bonchev–Trinajstić information content (AvgIpc) is 3.33. The van der Waals surface area contributed by atoms with Gasteiger partial charge in [0.15, 0.2) is 0 Å². The summed E-state index contributed by atoms with van der Waals surface area (Å²) in [4.78, 5) is 9.51. The minimum absolute atomic E-state index is 0.238. The molecule has 0 fully saturated rings. The molecule has 1 aliphatic rings. The molecule has 4 aromatic rings. The fourth-order valence-corrected chi connectivity index (χ4v) is 4.07. The van der Waals surface area contributed by atoms with Crippen LogP contribution in [-0.4, -0.2) is 15.8 Å². The Hall–Kier alpha value is -3.72. The van der Waals surface area contributed by atoms with Gasteiger partial charge in [0.2, 0.25) is 0 Å². The highest BCUT2D eigenvalue weighted by molar-refractivity contribution is 6.04. The second kappa shape index (κ2) is 7.84. The van der Waals surface area contributed by atoms with Crippen LogP contribution in [0.1, 0.15) is 37.3 Å². The van der Waals surface area contributed by atoms with Crippen LogP contribution in [-0.2, 0) is 0 Å². The highest BCUT2D eigenvalue weighted by Crippen LogP contribution is 2.36. The smallest absolute Gasteiger partial charge is 0.124 e. The number of pyridine rings is 1. The third-order valence-corrected chi connectivity index (χ3v) is 5.82. The van der Waals surface area contributed by atoms with Crippen LogP contribution in [0.25, 0.3) is 33.3 Å². The molecule has 0 spiro atoms. The predicted molar refractivity (Wildman–Crippen MR) is 129 cm³/mol. The van der Waals surface area contributed by atoms with Crippen molar-refractivity contribution in [3.8, 4) is 28.3 Å². The van der Waals surface area contributed by atoms with Gasteiger partial charge < -0.3 is 5.11 Å². The Kier molecular flexibility index (Phi) is 4.87. The summed E-state index contributed by atoms with van der Waals surface area (Å²) >= 11 is 0. The molecular weight excluding hydrogens is 380 g/mol. The van der Waals surface area contributed by atoms with E-state index in [1.807, 2.05) is 24.4 Å². The van der Waals surface area contributed by atoms with Crippen LogP contribution in [0.5, 0.6) is 5.75 Å². The lowest BCUT2D eigenvalue weighted by molar-refractivity contribution is 0.477. The van der Waals surface area contributed by atoms with E-state index in [1.165, 1.54) is 5.56 Å². The minimum atomic E-state index is 0.238. The lowest BCUT2D eigenvalue weighted by Crippen LogP contribution is -1.98. The zero-order valence-corrected chi connectivity index (χ0v) is 17.7. The van der Waals surface area contributed by atoms with Gasteiger partial charge >= 0.3 is 0 Å². The molecule has 0 saturated heterocycles. The monoisotopic (exact) mass is 404 g/mol. The maximum atomic E-state index is 10.6. The predicted octanol–water partition coefficient (Wildman–Crippen LogP) is 7.10. The molecule has 0 amide bonds. The van der Waals surface area contributed by atoms with Gasteiger partial charge in [0, 0.05) is 29.1 Å². The van der Waals surface area contributed by atoms with Crippen LogP contribution in [0.2, 0.25) is 0 Å². The fraction of sp³-hybridized carbons (Fsp3) is 0.143. The number of para-hydroxylation sites is 1. The molecule has 0 saturated carbocycles. The number of phenols is 1. The summed E-state index contributed by atoms with van der Waals surface area (Å²) in [5, 5.41) is 12.7. The molecule has 0 unspecified atom stereocenters. The Morgan fingerprint density at radius 1 is 0.871 bits per heavy atom. The van der Waals surface area contributed by atoms with E-state index in [0.29, 0.717) is 5.92 Å². The van der Waals surface area contributed by atoms with Gasteiger partial charge in [-0.25, -0.2) is 4.98 Å². The third kappa shape index (κ3) is 3.64. The van der Waals surface area contributed by atoms with E-state index in [0.717, 1.165) is 51.0 Å². The lowest BCUT2D eigenvalue weighted by Gasteiger charge is -2.14. The van der Waals surface area contributed by atoms with Crippen molar-refractivity contribution in [2.24, 2.45) is 4.99 Å². The first-order valence-electron chi connectivity index (χ1n) is 10.7. The van der Waals surface area contributed by atoms with Gasteiger partial charge in [0.25, 0.3) is 0 Å². The van der Waals surface area contributed by atoms with Crippen LogP contribution in [0.4, 0.5) is 0 Å². The van der Waals surface area contributed by atoms with Crippen LogP contribution >= 0.6 is 0 Å². The minimum Gasteiger partial charge on any atom is -0.507 e. The molecule has 31 heavy (non-hydrogen) atoms. The molecule has 3 heteroatoms. The Labute approximate surface area is 182 Å². The van der Waals surface area contributed by atoms with Crippen molar-refractivity contribution < 1.29 is 5.11 Å². The summed E-state index contributed by atoms with van der Waals surface area (Å²) in [5.41, 5.74) is 6.95. The summed E-state index contributed by atoms with van der Waals surface area (Å²) in [6, 6.07) is 24.5. The number of hydrogen-bond donors (Lipinski definition) is 1. The first-order valence-corrected chi connectivity index (χ1v) is 10.7. The number of aliphatic imine (C=N–C) groups is 1. The molecule has 0 radical (unpaired) electrons. The first-order chi connectivity index (χ1) is 15.1. The number of rotatable bonds is 4. The SMILES string of the molecule is CC(C)c1ccc2c(-c3ccccc3O)nc(-c3cccc(C4=NC=CC4)c3)cc2c1. The Balaban J connectivity index is 1.74. The first kappa shape index (κ1) is 19.3. The highest BCUT2D eigenvalue weighted by atomic mass is 16.3. The van der Waals surface area contributed by atoms with E-state index in [-0.39, 0.29) is 5.75 Å². The average molecular weight is 405 g/mol. The van der Waals surface area contributed by atoms with Crippen LogP contribution in [0.3, 0.4) is 0 Å². The maximum Gasteiger partial charge on any atom is 0.124 e. The third-order valence-electron chi connectivity index (χ3n) is 5.82. The summed E-state index contributed by atoms with van der Waals surface area (Å²) in [6.45, 7) is 4.40. The fourth-order valence-electron chi connectivity index (χ4n) is 4.07. The van der Waals surface area contributed by atoms with E-state index in [1.54, 1.807) is 6.07 Å². The van der Waals surface area contributed by atoms with Crippen molar-refractivity contribution in [3.05, 3.63) is 96.2 Å². The standard InChI is InChI=1S/C28H24N2O/c1-18(2)19-12-13-23-22(15-19)17-26(30-28(23)24-9-3-4-11-27(24)31)21-8-5-7-20(16-21)25-10-6-14-29-25/h3-9,11-18,31H,10H2,1-2H3. The van der Waals surface area contributed by atoms with Gasteiger partial charge in [0.1, 0.15) is 5.75 Å². The van der Waals surface area contributed by atoms with Crippen LogP contribution in [0.15, 0.2) is 90.1 Å². The molecule has 0 atom stereocenters. The van der Waals surface area contributed by atoms with Crippen LogP contribution < -0.4 is 0 Å². The summed E-state index contributed by atoms with van der Waals surface area (Å²) < 4.78 is 0. The number of fused-ring (bicyclic) bond motifs is 1. The van der Waals surface area contributed by atoms with Crippen molar-refractivity contribution >= 4 is 16.5 Å². The molecule has 3 nitrogen and oxygen atoms in total.